The number of rotatable bonds is 3. The summed E-state index contributed by atoms with van der Waals surface area (Å²) in [5.41, 5.74) is 2.50. The smallest absolute Gasteiger partial charge is 0.226 e. The number of anilines is 1. The van der Waals surface area contributed by atoms with E-state index >= 15 is 0 Å². The van der Waals surface area contributed by atoms with Gasteiger partial charge in [0.2, 0.25) is 5.91 Å². The van der Waals surface area contributed by atoms with Gasteiger partial charge in [0, 0.05) is 17.9 Å². The lowest BCUT2D eigenvalue weighted by Crippen LogP contribution is -2.25. The lowest BCUT2D eigenvalue weighted by Gasteiger charge is -2.24. The van der Waals surface area contributed by atoms with Crippen molar-refractivity contribution in [3.8, 4) is 17.3 Å². The van der Waals surface area contributed by atoms with Crippen molar-refractivity contribution in [1.82, 2.24) is 20.0 Å². The molecule has 27 heavy (non-hydrogen) atoms. The molecule has 0 aliphatic carbocycles. The molecule has 4 rings (SSSR count). The highest BCUT2D eigenvalue weighted by Gasteiger charge is 2.33. The van der Waals surface area contributed by atoms with E-state index < -0.39 is 0 Å². The van der Waals surface area contributed by atoms with Crippen molar-refractivity contribution in [3.05, 3.63) is 52.3 Å². The van der Waals surface area contributed by atoms with Crippen molar-refractivity contribution < 1.29 is 14.6 Å². The molecule has 3 heterocycles. The summed E-state index contributed by atoms with van der Waals surface area (Å²) in [6.45, 7) is 1.88. The largest absolute Gasteiger partial charge is 0.504 e. The predicted molar refractivity (Wildman–Crippen MR) is 98.6 cm³/mol. The van der Waals surface area contributed by atoms with Crippen LogP contribution in [0.2, 0.25) is 5.15 Å². The molecule has 1 atom stereocenters. The molecule has 3 aromatic rings. The quantitative estimate of drug-likeness (QED) is 0.718. The molecule has 0 fully saturated rings. The molecule has 0 bridgehead atoms. The number of benzene rings is 1. The average Bonchev–Trinajstić information content (AvgIpc) is 2.98. The maximum absolute atomic E-state index is 12.4. The molecular formula is C18H16ClN5O3. The van der Waals surface area contributed by atoms with Crippen LogP contribution in [0.25, 0.3) is 5.82 Å². The number of ether oxygens (including phenoxy) is 1. The SMILES string of the molecule is COc1cc([C@H]2CC(=O)Nc3c2c(C)nn3-c2ccc(Cl)nn2)ccc1O. The minimum atomic E-state index is -0.225. The second kappa shape index (κ2) is 6.55. The van der Waals surface area contributed by atoms with Crippen molar-refractivity contribution in [2.75, 3.05) is 12.4 Å². The van der Waals surface area contributed by atoms with Gasteiger partial charge in [-0.2, -0.15) is 9.78 Å². The third-order valence-electron chi connectivity index (χ3n) is 4.54. The number of methoxy groups -OCH3 is 1. The fourth-order valence-corrected chi connectivity index (χ4v) is 3.43. The van der Waals surface area contributed by atoms with Crippen LogP contribution in [0.1, 0.15) is 29.2 Å². The molecule has 2 aromatic heterocycles. The molecule has 0 unspecified atom stereocenters. The summed E-state index contributed by atoms with van der Waals surface area (Å²) in [6.07, 6.45) is 0.264. The first-order valence-electron chi connectivity index (χ1n) is 8.23. The number of carbonyl (C=O) groups is 1. The van der Waals surface area contributed by atoms with E-state index in [2.05, 4.69) is 20.6 Å². The lowest BCUT2D eigenvalue weighted by molar-refractivity contribution is -0.116. The summed E-state index contributed by atoms with van der Waals surface area (Å²) in [5.74, 6) is 1.05. The van der Waals surface area contributed by atoms with Crippen molar-refractivity contribution in [2.24, 2.45) is 0 Å². The normalized spacial score (nSPS) is 16.0. The van der Waals surface area contributed by atoms with Crippen LogP contribution in [-0.2, 0) is 4.79 Å². The average molecular weight is 386 g/mol. The number of aryl methyl sites for hydroxylation is 1. The maximum atomic E-state index is 12.4. The van der Waals surface area contributed by atoms with Gasteiger partial charge in [0.15, 0.2) is 22.5 Å². The molecule has 138 valence electrons. The van der Waals surface area contributed by atoms with Crippen LogP contribution in [0, 0.1) is 6.92 Å². The zero-order chi connectivity index (χ0) is 19.1. The summed E-state index contributed by atoms with van der Waals surface area (Å²) in [5, 5.41) is 25.4. The Bertz CT molecular complexity index is 1030. The van der Waals surface area contributed by atoms with Gasteiger partial charge in [-0.15, -0.1) is 10.2 Å². The van der Waals surface area contributed by atoms with Crippen LogP contribution in [0.15, 0.2) is 30.3 Å². The number of amides is 1. The Morgan fingerprint density at radius 3 is 2.81 bits per heavy atom. The number of phenols is 1. The van der Waals surface area contributed by atoms with Crippen LogP contribution in [0.3, 0.4) is 0 Å². The van der Waals surface area contributed by atoms with Gasteiger partial charge in [-0.25, -0.2) is 0 Å². The Balaban J connectivity index is 1.85. The first-order valence-corrected chi connectivity index (χ1v) is 8.61. The fraction of sp³-hybridized carbons (Fsp3) is 0.222. The van der Waals surface area contributed by atoms with E-state index in [0.29, 0.717) is 17.4 Å². The van der Waals surface area contributed by atoms with Crippen LogP contribution in [0.4, 0.5) is 5.82 Å². The number of aromatic nitrogens is 4. The molecule has 9 heteroatoms. The summed E-state index contributed by atoms with van der Waals surface area (Å²) in [4.78, 5) is 12.4. The van der Waals surface area contributed by atoms with Crippen LogP contribution in [0.5, 0.6) is 11.5 Å². The summed E-state index contributed by atoms with van der Waals surface area (Å²) in [6, 6.07) is 8.37. The van der Waals surface area contributed by atoms with Gasteiger partial charge < -0.3 is 15.2 Å². The predicted octanol–water partition coefficient (Wildman–Crippen LogP) is 2.81. The monoisotopic (exact) mass is 385 g/mol. The summed E-state index contributed by atoms with van der Waals surface area (Å²) < 4.78 is 6.76. The van der Waals surface area contributed by atoms with Crippen molar-refractivity contribution in [1.29, 1.82) is 0 Å². The van der Waals surface area contributed by atoms with Crippen molar-refractivity contribution in [2.45, 2.75) is 19.3 Å². The first kappa shape index (κ1) is 17.3. The van der Waals surface area contributed by atoms with Crippen LogP contribution in [-0.4, -0.2) is 38.1 Å². The topological polar surface area (TPSA) is 102 Å². The van der Waals surface area contributed by atoms with Gasteiger partial charge in [0.1, 0.15) is 5.82 Å². The Morgan fingerprint density at radius 2 is 2.11 bits per heavy atom. The van der Waals surface area contributed by atoms with Crippen molar-refractivity contribution in [3.63, 3.8) is 0 Å². The second-order valence-electron chi connectivity index (χ2n) is 6.21. The Morgan fingerprint density at radius 1 is 1.30 bits per heavy atom. The molecule has 1 amide bonds. The first-order chi connectivity index (χ1) is 13.0. The Kier molecular flexibility index (Phi) is 4.19. The summed E-state index contributed by atoms with van der Waals surface area (Å²) >= 11 is 5.81. The van der Waals surface area contributed by atoms with E-state index in [1.807, 2.05) is 6.92 Å². The lowest BCUT2D eigenvalue weighted by atomic mass is 9.85. The molecule has 1 aliphatic rings. The van der Waals surface area contributed by atoms with E-state index in [4.69, 9.17) is 16.3 Å². The maximum Gasteiger partial charge on any atom is 0.226 e. The Hall–Kier alpha value is -3.13. The number of nitrogens with one attached hydrogen (secondary N) is 1. The number of hydrogen-bond acceptors (Lipinski definition) is 6. The van der Waals surface area contributed by atoms with Gasteiger partial charge in [-0.05, 0) is 36.8 Å². The molecule has 2 N–H and O–H groups in total. The van der Waals surface area contributed by atoms with Gasteiger partial charge in [-0.1, -0.05) is 17.7 Å². The molecule has 0 spiro atoms. The third-order valence-corrected chi connectivity index (χ3v) is 4.75. The molecule has 0 saturated carbocycles. The minimum Gasteiger partial charge on any atom is -0.504 e. The third kappa shape index (κ3) is 2.97. The van der Waals surface area contributed by atoms with Gasteiger partial charge in [0.25, 0.3) is 0 Å². The molecule has 8 nitrogen and oxygen atoms in total. The number of fused-ring (bicyclic) bond motifs is 1. The molecule has 1 aromatic carbocycles. The molecular weight excluding hydrogens is 370 g/mol. The minimum absolute atomic E-state index is 0.0468. The number of aromatic hydroxyl groups is 1. The Labute approximate surface area is 159 Å². The highest BCUT2D eigenvalue weighted by molar-refractivity contribution is 6.29. The zero-order valence-electron chi connectivity index (χ0n) is 14.6. The van der Waals surface area contributed by atoms with Gasteiger partial charge in [-0.3, -0.25) is 4.79 Å². The highest BCUT2D eigenvalue weighted by Crippen LogP contribution is 2.42. The van der Waals surface area contributed by atoms with Gasteiger partial charge in [0.05, 0.1) is 12.8 Å². The summed E-state index contributed by atoms with van der Waals surface area (Å²) in [7, 11) is 1.49. The molecule has 1 aliphatic heterocycles. The number of phenolic OH excluding ortho intramolecular Hbond substituents is 1. The molecule has 0 saturated heterocycles. The fourth-order valence-electron chi connectivity index (χ4n) is 3.33. The van der Waals surface area contributed by atoms with Crippen LogP contribution < -0.4 is 10.1 Å². The van der Waals surface area contributed by atoms with Gasteiger partial charge >= 0.3 is 0 Å². The van der Waals surface area contributed by atoms with E-state index in [9.17, 15) is 9.90 Å². The van der Waals surface area contributed by atoms with E-state index in [-0.39, 0.29) is 29.1 Å². The number of hydrogen-bond donors (Lipinski definition) is 2. The van der Waals surface area contributed by atoms with Crippen LogP contribution >= 0.6 is 11.6 Å². The standard InChI is InChI=1S/C18H16ClN5O3/c1-9-17-11(10-3-4-12(25)13(7-10)27-2)8-16(26)20-18(17)24(23-9)15-6-5-14(19)21-22-15/h3-7,11,25H,8H2,1-2H3,(H,20,26)/t11-/m1/s1. The number of nitrogens with zero attached hydrogens (tertiary/aromatic N) is 4. The van der Waals surface area contributed by atoms with E-state index in [1.165, 1.54) is 7.11 Å². The number of carbonyl (C=O) groups excluding carboxylic acids is 1. The highest BCUT2D eigenvalue weighted by atomic mass is 35.5. The zero-order valence-corrected chi connectivity index (χ0v) is 15.4. The van der Waals surface area contributed by atoms with Crippen molar-refractivity contribution >= 4 is 23.3 Å². The van der Waals surface area contributed by atoms with E-state index in [0.717, 1.165) is 16.8 Å². The molecule has 0 radical (unpaired) electrons. The van der Waals surface area contributed by atoms with E-state index in [1.54, 1.807) is 35.0 Å². The second-order valence-corrected chi connectivity index (χ2v) is 6.60. The number of halogens is 1.